The Bertz CT molecular complexity index is 471. The highest BCUT2D eigenvalue weighted by Crippen LogP contribution is 2.47. The van der Waals surface area contributed by atoms with Gasteiger partial charge in [0.15, 0.2) is 17.1 Å². The van der Waals surface area contributed by atoms with Crippen molar-refractivity contribution in [2.45, 2.75) is 18.1 Å². The second-order valence-electron chi connectivity index (χ2n) is 3.94. The van der Waals surface area contributed by atoms with Crippen molar-refractivity contribution in [1.29, 1.82) is 0 Å². The van der Waals surface area contributed by atoms with Gasteiger partial charge < -0.3 is 19.7 Å². The Kier molecular flexibility index (Phi) is 3.35. The number of alkyl halides is 2. The normalized spacial score (nSPS) is 30.6. The number of aliphatic hydroxyl groups is 2. The van der Waals surface area contributed by atoms with Gasteiger partial charge in [0.05, 0.1) is 13.7 Å². The van der Waals surface area contributed by atoms with E-state index in [0.717, 1.165) is 0 Å². The van der Waals surface area contributed by atoms with Gasteiger partial charge in [-0.1, -0.05) is 11.6 Å². The average molecular weight is 281 g/mol. The molecule has 0 fully saturated rings. The summed E-state index contributed by atoms with van der Waals surface area (Å²) < 4.78 is 36.7. The molecule has 4 nitrogen and oxygen atoms in total. The molecule has 1 aromatic rings. The van der Waals surface area contributed by atoms with Gasteiger partial charge in [0.25, 0.3) is 6.36 Å². The van der Waals surface area contributed by atoms with Gasteiger partial charge in [-0.3, -0.25) is 0 Å². The lowest BCUT2D eigenvalue weighted by atomic mass is 9.86. The van der Waals surface area contributed by atoms with E-state index in [4.69, 9.17) is 26.2 Å². The Morgan fingerprint density at radius 3 is 2.72 bits per heavy atom. The molecule has 7 heteroatoms. The first-order chi connectivity index (χ1) is 8.43. The third-order valence-corrected chi connectivity index (χ3v) is 3.08. The largest absolute Gasteiger partial charge is 0.493 e. The minimum Gasteiger partial charge on any atom is -0.493 e. The van der Waals surface area contributed by atoms with Crippen LogP contribution in [-0.4, -0.2) is 36.5 Å². The van der Waals surface area contributed by atoms with E-state index in [-0.39, 0.29) is 22.1 Å². The molecule has 0 amide bonds. The summed E-state index contributed by atoms with van der Waals surface area (Å²) in [5.74, 6) is -0.112. The van der Waals surface area contributed by atoms with Crippen molar-refractivity contribution >= 4 is 11.6 Å². The molecule has 3 atom stereocenters. The zero-order chi connectivity index (χ0) is 13.5. The molecule has 0 saturated heterocycles. The van der Waals surface area contributed by atoms with Crippen LogP contribution in [0.3, 0.4) is 0 Å². The number of halogens is 3. The van der Waals surface area contributed by atoms with Crippen molar-refractivity contribution in [2.75, 3.05) is 13.7 Å². The Morgan fingerprint density at radius 1 is 1.50 bits per heavy atom. The summed E-state index contributed by atoms with van der Waals surface area (Å²) in [6.07, 6.45) is -4.82. The first-order valence-electron chi connectivity index (χ1n) is 5.10. The van der Waals surface area contributed by atoms with Crippen LogP contribution in [-0.2, 0) is 5.60 Å². The van der Waals surface area contributed by atoms with Crippen molar-refractivity contribution in [2.24, 2.45) is 0 Å². The van der Waals surface area contributed by atoms with Crippen LogP contribution in [0.25, 0.3) is 0 Å². The summed E-state index contributed by atoms with van der Waals surface area (Å²) in [6, 6.07) is 2.54. The van der Waals surface area contributed by atoms with Gasteiger partial charge in [0.1, 0.15) is 0 Å². The molecular formula is C11H11ClF2O4. The van der Waals surface area contributed by atoms with E-state index < -0.39 is 24.7 Å². The summed E-state index contributed by atoms with van der Waals surface area (Å²) in [7, 11) is 1.29. The average Bonchev–Trinajstić information content (AvgIpc) is 2.36. The molecule has 0 spiro atoms. The molecule has 0 radical (unpaired) electrons. The highest BCUT2D eigenvalue weighted by atomic mass is 35.5. The van der Waals surface area contributed by atoms with Crippen LogP contribution in [0, 0.1) is 0 Å². The van der Waals surface area contributed by atoms with Gasteiger partial charge in [-0.05, 0) is 6.07 Å². The molecule has 0 saturated carbocycles. The molecule has 2 rings (SSSR count). The van der Waals surface area contributed by atoms with Crippen LogP contribution in [0.5, 0.6) is 11.5 Å². The zero-order valence-electron chi connectivity index (χ0n) is 9.36. The predicted molar refractivity (Wildman–Crippen MR) is 59.4 cm³/mol. The van der Waals surface area contributed by atoms with Gasteiger partial charge in [0.2, 0.25) is 6.17 Å². The van der Waals surface area contributed by atoms with E-state index in [0.29, 0.717) is 0 Å². The summed E-state index contributed by atoms with van der Waals surface area (Å²) in [4.78, 5) is 0. The van der Waals surface area contributed by atoms with E-state index in [1.54, 1.807) is 0 Å². The van der Waals surface area contributed by atoms with Crippen molar-refractivity contribution in [3.8, 4) is 11.5 Å². The minimum atomic E-state index is -2.42. The lowest BCUT2D eigenvalue weighted by Crippen LogP contribution is -2.50. The Balaban J connectivity index is 2.67. The van der Waals surface area contributed by atoms with Gasteiger partial charge in [-0.15, -0.1) is 0 Å². The number of hydrogen-bond donors (Lipinski definition) is 2. The lowest BCUT2D eigenvalue weighted by molar-refractivity contribution is -0.161. The molecule has 2 N–H and O–H groups in total. The predicted octanol–water partition coefficient (Wildman–Crippen LogP) is 1.55. The molecule has 0 aliphatic carbocycles. The second-order valence-corrected chi connectivity index (χ2v) is 4.37. The number of rotatable bonds is 2. The number of fused-ring (bicyclic) bond motifs is 1. The van der Waals surface area contributed by atoms with Gasteiger partial charge >= 0.3 is 0 Å². The Morgan fingerprint density at radius 2 is 2.17 bits per heavy atom. The van der Waals surface area contributed by atoms with Crippen molar-refractivity contribution in [3.05, 3.63) is 22.7 Å². The minimum absolute atomic E-state index is 0.0546. The van der Waals surface area contributed by atoms with Crippen LogP contribution in [0.1, 0.15) is 5.56 Å². The monoisotopic (exact) mass is 280 g/mol. The maximum absolute atomic E-state index is 13.7. The maximum atomic E-state index is 13.7. The highest BCUT2D eigenvalue weighted by Gasteiger charge is 2.51. The maximum Gasteiger partial charge on any atom is 0.272 e. The van der Waals surface area contributed by atoms with Crippen molar-refractivity contribution in [1.82, 2.24) is 0 Å². The number of ether oxygens (including phenoxy) is 2. The smallest absolute Gasteiger partial charge is 0.272 e. The molecule has 18 heavy (non-hydrogen) atoms. The third kappa shape index (κ3) is 1.81. The third-order valence-electron chi connectivity index (χ3n) is 2.86. The van der Waals surface area contributed by atoms with Gasteiger partial charge in [-0.25, -0.2) is 4.39 Å². The molecule has 100 valence electrons. The Hall–Kier alpha value is -1.11. The fourth-order valence-corrected chi connectivity index (χ4v) is 2.08. The molecule has 3 unspecified atom stereocenters. The summed E-state index contributed by atoms with van der Waals surface area (Å²) >= 11 is 5.78. The van der Waals surface area contributed by atoms with Crippen LogP contribution >= 0.6 is 11.6 Å². The first kappa shape index (κ1) is 13.3. The number of aliphatic hydroxyl groups excluding tert-OH is 1. The van der Waals surface area contributed by atoms with E-state index in [2.05, 4.69) is 0 Å². The standard InChI is InChI=1S/C11H11ClF2O4/c1-17-7-3-5(12)2-6-8(7)18-10(14)9(13)11(6,16)4-15/h2-3,9-10,15-16H,4H2,1H3. The van der Waals surface area contributed by atoms with Gasteiger partial charge in [0, 0.05) is 16.7 Å². The quantitative estimate of drug-likeness (QED) is 0.863. The van der Waals surface area contributed by atoms with E-state index in [9.17, 15) is 13.9 Å². The van der Waals surface area contributed by atoms with E-state index in [1.165, 1.54) is 19.2 Å². The molecule has 1 aliphatic heterocycles. The number of benzene rings is 1. The fourth-order valence-electron chi connectivity index (χ4n) is 1.87. The molecule has 1 aromatic carbocycles. The summed E-state index contributed by atoms with van der Waals surface area (Å²) in [6.45, 7) is -1.01. The van der Waals surface area contributed by atoms with Crippen LogP contribution in [0.4, 0.5) is 8.78 Å². The highest BCUT2D eigenvalue weighted by molar-refractivity contribution is 6.30. The van der Waals surface area contributed by atoms with Crippen LogP contribution in [0.2, 0.25) is 5.02 Å². The van der Waals surface area contributed by atoms with Crippen LogP contribution in [0.15, 0.2) is 12.1 Å². The number of hydrogen-bond acceptors (Lipinski definition) is 4. The van der Waals surface area contributed by atoms with Gasteiger partial charge in [-0.2, -0.15) is 4.39 Å². The Labute approximate surface area is 107 Å². The van der Waals surface area contributed by atoms with Crippen molar-refractivity contribution < 1.29 is 28.5 Å². The second kappa shape index (κ2) is 4.53. The van der Waals surface area contributed by atoms with Crippen molar-refractivity contribution in [3.63, 3.8) is 0 Å². The first-order valence-corrected chi connectivity index (χ1v) is 5.48. The molecular weight excluding hydrogens is 270 g/mol. The topological polar surface area (TPSA) is 58.9 Å². The number of methoxy groups -OCH3 is 1. The fraction of sp³-hybridized carbons (Fsp3) is 0.455. The van der Waals surface area contributed by atoms with E-state index in [1.807, 2.05) is 0 Å². The van der Waals surface area contributed by atoms with Crippen LogP contribution < -0.4 is 9.47 Å². The molecule has 1 aliphatic rings. The lowest BCUT2D eigenvalue weighted by Gasteiger charge is -2.37. The summed E-state index contributed by atoms with van der Waals surface area (Å²) in [5.41, 5.74) is -2.55. The molecule has 1 heterocycles. The summed E-state index contributed by atoms with van der Waals surface area (Å²) in [5, 5.41) is 19.3. The molecule has 0 aromatic heterocycles. The SMILES string of the molecule is COc1cc(Cl)cc2c1OC(F)C(F)C2(O)CO. The van der Waals surface area contributed by atoms with E-state index >= 15 is 0 Å². The molecule has 0 bridgehead atoms. The zero-order valence-corrected chi connectivity index (χ0v) is 10.1.